The van der Waals surface area contributed by atoms with Crippen molar-refractivity contribution in [2.45, 2.75) is 25.1 Å². The van der Waals surface area contributed by atoms with E-state index in [1.807, 2.05) is 0 Å². The topological polar surface area (TPSA) is 40.5 Å². The number of alkyl halides is 3. The van der Waals surface area contributed by atoms with Crippen molar-refractivity contribution in [2.24, 2.45) is 0 Å². The van der Waals surface area contributed by atoms with Gasteiger partial charge in [-0.2, -0.15) is 13.2 Å². The third-order valence-electron chi connectivity index (χ3n) is 3.11. The van der Waals surface area contributed by atoms with Crippen LogP contribution in [0.2, 0.25) is 0 Å². The number of benzene rings is 1. The molecular weight excluding hydrogens is 339 g/mol. The summed E-state index contributed by atoms with van der Waals surface area (Å²) >= 11 is 3.11. The van der Waals surface area contributed by atoms with Gasteiger partial charge in [-0.25, -0.2) is 0 Å². The number of halogens is 4. The van der Waals surface area contributed by atoms with Gasteiger partial charge in [-0.1, -0.05) is 0 Å². The third-order valence-corrected chi connectivity index (χ3v) is 3.81. The summed E-state index contributed by atoms with van der Waals surface area (Å²) in [5, 5.41) is 8.98. The van der Waals surface area contributed by atoms with Gasteiger partial charge in [0.2, 0.25) is 0 Å². The highest BCUT2D eigenvalue weighted by Gasteiger charge is 2.35. The molecule has 1 saturated carbocycles. The molecule has 0 atom stereocenters. The van der Waals surface area contributed by atoms with Crippen LogP contribution in [0.3, 0.4) is 0 Å². The number of nitrogens with zero attached hydrogens (tertiary/aromatic N) is 1. The maximum absolute atomic E-state index is 12.7. The molecule has 0 heterocycles. The number of aliphatic hydroxyl groups is 1. The number of amides is 1. The van der Waals surface area contributed by atoms with E-state index in [2.05, 4.69) is 15.9 Å². The van der Waals surface area contributed by atoms with Crippen LogP contribution >= 0.6 is 15.9 Å². The first-order valence-electron chi connectivity index (χ1n) is 6.13. The molecule has 1 aliphatic rings. The molecule has 1 amide bonds. The van der Waals surface area contributed by atoms with Crippen LogP contribution in [-0.2, 0) is 6.18 Å². The largest absolute Gasteiger partial charge is 0.416 e. The third kappa shape index (κ3) is 3.32. The predicted molar refractivity (Wildman–Crippen MR) is 70.3 cm³/mol. The van der Waals surface area contributed by atoms with Crippen LogP contribution in [0.25, 0.3) is 0 Å². The van der Waals surface area contributed by atoms with E-state index in [0.717, 1.165) is 25.0 Å². The molecule has 0 radical (unpaired) electrons. The van der Waals surface area contributed by atoms with E-state index in [1.54, 1.807) is 0 Å². The molecule has 1 aromatic rings. The summed E-state index contributed by atoms with van der Waals surface area (Å²) in [5.41, 5.74) is -0.885. The SMILES string of the molecule is O=C(c1cc(C(F)(F)F)ccc1Br)N(CCO)C1CC1. The Labute approximate surface area is 122 Å². The average molecular weight is 352 g/mol. The van der Waals surface area contributed by atoms with Crippen molar-refractivity contribution >= 4 is 21.8 Å². The summed E-state index contributed by atoms with van der Waals surface area (Å²) in [6.45, 7) is -0.0784. The van der Waals surface area contributed by atoms with E-state index in [9.17, 15) is 18.0 Å². The molecule has 3 nitrogen and oxygen atoms in total. The maximum atomic E-state index is 12.7. The molecule has 0 bridgehead atoms. The van der Waals surface area contributed by atoms with Crippen molar-refractivity contribution in [1.82, 2.24) is 4.90 Å². The summed E-state index contributed by atoms with van der Waals surface area (Å²) in [4.78, 5) is 13.8. The lowest BCUT2D eigenvalue weighted by Gasteiger charge is -2.22. The Hall–Kier alpha value is -1.08. The Morgan fingerprint density at radius 1 is 1.40 bits per heavy atom. The average Bonchev–Trinajstić information content (AvgIpc) is 3.18. The fraction of sp³-hybridized carbons (Fsp3) is 0.462. The van der Waals surface area contributed by atoms with Gasteiger partial charge in [-0.15, -0.1) is 0 Å². The number of hydrogen-bond acceptors (Lipinski definition) is 2. The molecule has 0 spiro atoms. The Bertz CT molecular complexity index is 515. The molecule has 110 valence electrons. The fourth-order valence-corrected chi connectivity index (χ4v) is 2.38. The minimum absolute atomic E-state index is 0.0242. The first-order chi connectivity index (χ1) is 9.34. The Kier molecular flexibility index (Phi) is 4.39. The van der Waals surface area contributed by atoms with Crippen LogP contribution in [0.4, 0.5) is 13.2 Å². The highest BCUT2D eigenvalue weighted by Crippen LogP contribution is 2.34. The summed E-state index contributed by atoms with van der Waals surface area (Å²) in [6.07, 6.45) is -2.85. The van der Waals surface area contributed by atoms with Gasteiger partial charge in [0.15, 0.2) is 0 Å². The molecule has 0 saturated heterocycles. The van der Waals surface area contributed by atoms with Gasteiger partial charge < -0.3 is 10.0 Å². The van der Waals surface area contributed by atoms with Crippen LogP contribution in [0, 0.1) is 0 Å². The molecule has 7 heteroatoms. The quantitative estimate of drug-likeness (QED) is 0.905. The Balaban J connectivity index is 2.32. The minimum atomic E-state index is -4.49. The molecule has 20 heavy (non-hydrogen) atoms. The van der Waals surface area contributed by atoms with Gasteiger partial charge >= 0.3 is 6.18 Å². The van der Waals surface area contributed by atoms with E-state index in [-0.39, 0.29) is 24.8 Å². The minimum Gasteiger partial charge on any atom is -0.395 e. The molecule has 1 aromatic carbocycles. The second-order valence-corrected chi connectivity index (χ2v) is 5.50. The highest BCUT2D eigenvalue weighted by atomic mass is 79.9. The van der Waals surface area contributed by atoms with Crippen molar-refractivity contribution in [3.05, 3.63) is 33.8 Å². The van der Waals surface area contributed by atoms with Crippen LogP contribution in [0.1, 0.15) is 28.8 Å². The fourth-order valence-electron chi connectivity index (χ4n) is 1.96. The first-order valence-corrected chi connectivity index (χ1v) is 6.92. The zero-order valence-corrected chi connectivity index (χ0v) is 12.0. The van der Waals surface area contributed by atoms with Gasteiger partial charge in [0.1, 0.15) is 0 Å². The molecule has 1 fully saturated rings. The molecular formula is C13H13BrF3NO2. The maximum Gasteiger partial charge on any atom is 0.416 e. The summed E-state index contributed by atoms with van der Waals surface area (Å²) in [5.74, 6) is -0.487. The summed E-state index contributed by atoms with van der Waals surface area (Å²) < 4.78 is 38.4. The van der Waals surface area contributed by atoms with Crippen molar-refractivity contribution < 1.29 is 23.1 Å². The Morgan fingerprint density at radius 2 is 2.05 bits per heavy atom. The second kappa shape index (κ2) is 5.73. The van der Waals surface area contributed by atoms with E-state index in [0.29, 0.717) is 4.47 Å². The zero-order chi connectivity index (χ0) is 14.9. The number of aliphatic hydroxyl groups excluding tert-OH is 1. The second-order valence-electron chi connectivity index (χ2n) is 4.65. The van der Waals surface area contributed by atoms with E-state index in [1.165, 1.54) is 11.0 Å². The first kappa shape index (κ1) is 15.3. The molecule has 1 N–H and O–H groups in total. The summed E-state index contributed by atoms with van der Waals surface area (Å²) in [6, 6.07) is 3.02. The van der Waals surface area contributed by atoms with E-state index < -0.39 is 17.6 Å². The van der Waals surface area contributed by atoms with Crippen molar-refractivity contribution in [2.75, 3.05) is 13.2 Å². The predicted octanol–water partition coefficient (Wildman–Crippen LogP) is 3.06. The zero-order valence-electron chi connectivity index (χ0n) is 10.5. The Morgan fingerprint density at radius 3 is 2.55 bits per heavy atom. The molecule has 0 aromatic heterocycles. The normalized spacial score (nSPS) is 15.2. The van der Waals surface area contributed by atoms with Gasteiger partial charge in [0.25, 0.3) is 5.91 Å². The molecule has 0 unspecified atom stereocenters. The number of hydrogen-bond donors (Lipinski definition) is 1. The van der Waals surface area contributed by atoms with Crippen LogP contribution in [0.5, 0.6) is 0 Å². The number of carbonyl (C=O) groups excluding carboxylic acids is 1. The van der Waals surface area contributed by atoms with Gasteiger partial charge in [0, 0.05) is 17.1 Å². The monoisotopic (exact) mass is 351 g/mol. The lowest BCUT2D eigenvalue weighted by atomic mass is 10.1. The molecule has 2 rings (SSSR count). The van der Waals surface area contributed by atoms with Crippen LogP contribution in [-0.4, -0.2) is 35.1 Å². The lowest BCUT2D eigenvalue weighted by molar-refractivity contribution is -0.137. The van der Waals surface area contributed by atoms with Crippen LogP contribution < -0.4 is 0 Å². The van der Waals surface area contributed by atoms with Crippen molar-refractivity contribution in [3.63, 3.8) is 0 Å². The van der Waals surface area contributed by atoms with Crippen molar-refractivity contribution in [1.29, 1.82) is 0 Å². The number of carbonyl (C=O) groups is 1. The van der Waals surface area contributed by atoms with Crippen molar-refractivity contribution in [3.8, 4) is 0 Å². The van der Waals surface area contributed by atoms with E-state index in [4.69, 9.17) is 5.11 Å². The summed E-state index contributed by atoms with van der Waals surface area (Å²) in [7, 11) is 0. The smallest absolute Gasteiger partial charge is 0.395 e. The molecule has 0 aliphatic heterocycles. The van der Waals surface area contributed by atoms with E-state index >= 15 is 0 Å². The highest BCUT2D eigenvalue weighted by molar-refractivity contribution is 9.10. The van der Waals surface area contributed by atoms with Gasteiger partial charge in [0.05, 0.1) is 17.7 Å². The lowest BCUT2D eigenvalue weighted by Crippen LogP contribution is -2.35. The van der Waals surface area contributed by atoms with Gasteiger partial charge in [-0.05, 0) is 47.0 Å². The number of rotatable bonds is 4. The molecule has 1 aliphatic carbocycles. The van der Waals surface area contributed by atoms with Crippen LogP contribution in [0.15, 0.2) is 22.7 Å². The van der Waals surface area contributed by atoms with Gasteiger partial charge in [-0.3, -0.25) is 4.79 Å². The standard InChI is InChI=1S/C13H13BrF3NO2/c14-11-4-1-8(13(15,16)17)7-10(11)12(20)18(5-6-19)9-2-3-9/h1,4,7,9,19H,2-3,5-6H2.